The molecule has 22 heavy (non-hydrogen) atoms. The molecule has 1 aliphatic heterocycles. The van der Waals surface area contributed by atoms with E-state index in [4.69, 9.17) is 0 Å². The molecule has 4 nitrogen and oxygen atoms in total. The Balaban J connectivity index is 1.43. The molecule has 0 radical (unpaired) electrons. The van der Waals surface area contributed by atoms with Gasteiger partial charge in [0.25, 0.3) is 0 Å². The smallest absolute Gasteiger partial charge is 0.108 e. The van der Waals surface area contributed by atoms with E-state index in [1.54, 1.807) is 0 Å². The average Bonchev–Trinajstić information content (AvgIpc) is 3.12. The summed E-state index contributed by atoms with van der Waals surface area (Å²) in [6, 6.07) is 8.50. The third kappa shape index (κ3) is 2.36. The van der Waals surface area contributed by atoms with Crippen LogP contribution in [-0.2, 0) is 19.4 Å². The lowest BCUT2D eigenvalue weighted by molar-refractivity contribution is 0.0631. The van der Waals surface area contributed by atoms with Gasteiger partial charge in [-0.3, -0.25) is 4.90 Å². The number of hydrogen-bond acceptors (Lipinski definition) is 3. The fourth-order valence-electron chi connectivity index (χ4n) is 4.08. The van der Waals surface area contributed by atoms with Crippen molar-refractivity contribution in [3.05, 3.63) is 53.6 Å². The summed E-state index contributed by atoms with van der Waals surface area (Å²) in [5, 5.41) is 10.6. The fourth-order valence-corrected chi connectivity index (χ4v) is 4.08. The van der Waals surface area contributed by atoms with Crippen molar-refractivity contribution in [2.24, 2.45) is 5.92 Å². The second kappa shape index (κ2) is 5.52. The number of likely N-dealkylation sites (N-methyl/N-ethyl adjacent to an activating group) is 1. The normalized spacial score (nSPS) is 27.0. The van der Waals surface area contributed by atoms with Crippen molar-refractivity contribution in [3.63, 3.8) is 0 Å². The van der Waals surface area contributed by atoms with E-state index < -0.39 is 0 Å². The third-order valence-electron chi connectivity index (χ3n) is 5.31. The summed E-state index contributed by atoms with van der Waals surface area (Å²) >= 11 is 0. The van der Waals surface area contributed by atoms with E-state index in [1.807, 2.05) is 12.3 Å². The van der Waals surface area contributed by atoms with Crippen LogP contribution < -0.4 is 0 Å². The van der Waals surface area contributed by atoms with E-state index in [1.165, 1.54) is 17.8 Å². The maximum atomic E-state index is 10.6. The number of nitrogens with zero attached hydrogens (tertiary/aromatic N) is 3. The van der Waals surface area contributed by atoms with Crippen LogP contribution in [0.2, 0.25) is 0 Å². The summed E-state index contributed by atoms with van der Waals surface area (Å²) in [4.78, 5) is 6.75. The minimum absolute atomic E-state index is 0.210. The van der Waals surface area contributed by atoms with Crippen LogP contribution in [0.1, 0.15) is 29.5 Å². The summed E-state index contributed by atoms with van der Waals surface area (Å²) in [7, 11) is 2.16. The predicted molar refractivity (Wildman–Crippen MR) is 85.6 cm³/mol. The van der Waals surface area contributed by atoms with Gasteiger partial charge in [-0.1, -0.05) is 24.3 Å². The molecule has 0 saturated carbocycles. The summed E-state index contributed by atoms with van der Waals surface area (Å²) in [6.45, 7) is 2.09. The van der Waals surface area contributed by atoms with Crippen molar-refractivity contribution >= 4 is 0 Å². The Morgan fingerprint density at radius 2 is 2.23 bits per heavy atom. The van der Waals surface area contributed by atoms with Crippen LogP contribution in [0, 0.1) is 5.92 Å². The first-order valence-electron chi connectivity index (χ1n) is 8.18. The first-order chi connectivity index (χ1) is 10.7. The molecule has 0 bridgehead atoms. The van der Waals surface area contributed by atoms with Gasteiger partial charge in [0.1, 0.15) is 5.82 Å². The third-order valence-corrected chi connectivity index (χ3v) is 5.31. The maximum absolute atomic E-state index is 10.6. The van der Waals surface area contributed by atoms with Crippen LogP contribution in [0.5, 0.6) is 0 Å². The average molecular weight is 297 g/mol. The van der Waals surface area contributed by atoms with Gasteiger partial charge >= 0.3 is 0 Å². The second-order valence-electron chi connectivity index (χ2n) is 6.76. The Hall–Kier alpha value is -1.65. The number of aromatic nitrogens is 2. The maximum Gasteiger partial charge on any atom is 0.108 e. The molecular weight excluding hydrogens is 274 g/mol. The van der Waals surface area contributed by atoms with Crippen LogP contribution in [-0.4, -0.2) is 39.2 Å². The van der Waals surface area contributed by atoms with Crippen molar-refractivity contribution in [3.8, 4) is 0 Å². The molecule has 0 unspecified atom stereocenters. The van der Waals surface area contributed by atoms with E-state index in [9.17, 15) is 5.11 Å². The Morgan fingerprint density at radius 3 is 3.09 bits per heavy atom. The molecule has 2 aromatic rings. The largest absolute Gasteiger partial charge is 0.387 e. The van der Waals surface area contributed by atoms with Crippen LogP contribution in [0.25, 0.3) is 0 Å². The molecule has 1 aromatic carbocycles. The Bertz CT molecular complexity index is 666. The number of fused-ring (bicyclic) bond motifs is 2. The molecule has 3 atom stereocenters. The monoisotopic (exact) mass is 297 g/mol. The first kappa shape index (κ1) is 14.0. The lowest BCUT2D eigenvalue weighted by atomic mass is 9.97. The van der Waals surface area contributed by atoms with E-state index in [0.29, 0.717) is 5.92 Å². The topological polar surface area (TPSA) is 41.3 Å². The van der Waals surface area contributed by atoms with Gasteiger partial charge in [-0.15, -0.1) is 0 Å². The van der Waals surface area contributed by atoms with Gasteiger partial charge < -0.3 is 9.67 Å². The molecule has 0 spiro atoms. The Labute approximate surface area is 131 Å². The van der Waals surface area contributed by atoms with Crippen molar-refractivity contribution < 1.29 is 5.11 Å². The number of hydrogen-bond donors (Lipinski definition) is 1. The van der Waals surface area contributed by atoms with E-state index >= 15 is 0 Å². The molecular formula is C18H23N3O. The lowest BCUT2D eigenvalue weighted by Gasteiger charge is -2.33. The first-order valence-corrected chi connectivity index (χ1v) is 8.18. The molecule has 1 aromatic heterocycles. The fraction of sp³-hybridized carbons (Fsp3) is 0.500. The highest BCUT2D eigenvalue weighted by Gasteiger charge is 2.34. The molecule has 4 rings (SSSR count). The van der Waals surface area contributed by atoms with Crippen LogP contribution in [0.3, 0.4) is 0 Å². The number of aryl methyl sites for hydroxylation is 1. The minimum Gasteiger partial charge on any atom is -0.387 e. The standard InChI is InChI=1S/C18H23N3O/c1-20(11-13-6-7-17-19-8-9-21(17)12-13)16-10-14-4-2-3-5-15(14)18(16)22/h2-5,8-9,13,16,18,22H,6-7,10-12H2,1H3/t13-,16-,18+/m0/s1. The molecule has 0 amide bonds. The van der Waals surface area contributed by atoms with Crippen molar-refractivity contribution in [1.29, 1.82) is 0 Å². The van der Waals surface area contributed by atoms with Crippen molar-refractivity contribution in [2.45, 2.75) is 38.0 Å². The molecule has 2 heterocycles. The highest BCUT2D eigenvalue weighted by Crippen LogP contribution is 2.34. The van der Waals surface area contributed by atoms with Gasteiger partial charge in [0, 0.05) is 37.9 Å². The Morgan fingerprint density at radius 1 is 1.36 bits per heavy atom. The van der Waals surface area contributed by atoms with E-state index in [0.717, 1.165) is 31.5 Å². The SMILES string of the molecule is CN(C[C@@H]1CCc2nccn2C1)[C@H]1Cc2ccccc2[C@H]1O. The van der Waals surface area contributed by atoms with Gasteiger partial charge in [0.2, 0.25) is 0 Å². The molecule has 1 aliphatic carbocycles. The quantitative estimate of drug-likeness (QED) is 0.942. The lowest BCUT2D eigenvalue weighted by Crippen LogP contribution is -2.40. The zero-order valence-electron chi connectivity index (χ0n) is 13.0. The highest BCUT2D eigenvalue weighted by atomic mass is 16.3. The summed E-state index contributed by atoms with van der Waals surface area (Å²) in [5.74, 6) is 1.86. The van der Waals surface area contributed by atoms with Crippen LogP contribution >= 0.6 is 0 Å². The zero-order chi connectivity index (χ0) is 15.1. The summed E-state index contributed by atoms with van der Waals surface area (Å²) in [6.07, 6.45) is 6.85. The number of imidazole rings is 1. The van der Waals surface area contributed by atoms with E-state index in [2.05, 4.69) is 45.9 Å². The summed E-state index contributed by atoms with van der Waals surface area (Å²) < 4.78 is 2.28. The molecule has 0 saturated heterocycles. The number of rotatable bonds is 3. The van der Waals surface area contributed by atoms with Crippen LogP contribution in [0.15, 0.2) is 36.7 Å². The van der Waals surface area contributed by atoms with Gasteiger partial charge in [-0.25, -0.2) is 4.98 Å². The van der Waals surface area contributed by atoms with Crippen LogP contribution in [0.4, 0.5) is 0 Å². The predicted octanol–water partition coefficient (Wildman–Crippen LogP) is 2.04. The van der Waals surface area contributed by atoms with Crippen molar-refractivity contribution in [1.82, 2.24) is 14.5 Å². The number of aliphatic hydroxyl groups excluding tert-OH is 1. The highest BCUT2D eigenvalue weighted by molar-refractivity contribution is 5.35. The molecule has 1 N–H and O–H groups in total. The molecule has 0 fully saturated rings. The summed E-state index contributed by atoms with van der Waals surface area (Å²) in [5.41, 5.74) is 2.41. The van der Waals surface area contributed by atoms with Gasteiger partial charge in [0.15, 0.2) is 0 Å². The zero-order valence-corrected chi connectivity index (χ0v) is 13.0. The number of benzene rings is 1. The molecule has 4 heteroatoms. The number of aliphatic hydroxyl groups is 1. The molecule has 2 aliphatic rings. The second-order valence-corrected chi connectivity index (χ2v) is 6.76. The Kier molecular flexibility index (Phi) is 3.51. The van der Waals surface area contributed by atoms with Gasteiger partial charge in [-0.05, 0) is 36.9 Å². The molecule has 116 valence electrons. The van der Waals surface area contributed by atoms with Crippen molar-refractivity contribution in [2.75, 3.05) is 13.6 Å². The minimum atomic E-state index is -0.353. The van der Waals surface area contributed by atoms with Gasteiger partial charge in [0.05, 0.1) is 6.10 Å². The van der Waals surface area contributed by atoms with E-state index in [-0.39, 0.29) is 12.1 Å². The van der Waals surface area contributed by atoms with Gasteiger partial charge in [-0.2, -0.15) is 0 Å².